The Morgan fingerprint density at radius 3 is 2.84 bits per heavy atom. The maximum absolute atomic E-state index is 5.85. The Bertz CT molecular complexity index is 508. The molecule has 0 saturated carbocycles. The van der Waals surface area contributed by atoms with Gasteiger partial charge in [-0.3, -0.25) is 4.68 Å². The highest BCUT2D eigenvalue weighted by atomic mass is 16.5. The molecule has 0 aliphatic heterocycles. The van der Waals surface area contributed by atoms with Crippen molar-refractivity contribution in [2.75, 3.05) is 6.54 Å². The van der Waals surface area contributed by atoms with Crippen molar-refractivity contribution >= 4 is 0 Å². The third kappa shape index (κ3) is 4.10. The van der Waals surface area contributed by atoms with Gasteiger partial charge in [-0.15, -0.1) is 0 Å². The molecule has 102 valence electrons. The van der Waals surface area contributed by atoms with Crippen LogP contribution in [0.4, 0.5) is 0 Å². The molecular formula is C15H21N3O. The first-order valence-electron chi connectivity index (χ1n) is 6.69. The van der Waals surface area contributed by atoms with E-state index in [2.05, 4.69) is 23.4 Å². The quantitative estimate of drug-likeness (QED) is 0.776. The topological polar surface area (TPSA) is 39.1 Å². The van der Waals surface area contributed by atoms with Gasteiger partial charge < -0.3 is 10.1 Å². The van der Waals surface area contributed by atoms with Gasteiger partial charge in [0.25, 0.3) is 0 Å². The largest absolute Gasteiger partial charge is 0.487 e. The van der Waals surface area contributed by atoms with E-state index in [1.54, 1.807) is 4.68 Å². The summed E-state index contributed by atoms with van der Waals surface area (Å²) in [5.74, 6) is 0.928. The van der Waals surface area contributed by atoms with Gasteiger partial charge in [0, 0.05) is 25.4 Å². The molecule has 1 heterocycles. The average Bonchev–Trinajstić information content (AvgIpc) is 2.84. The number of nitrogens with one attached hydrogen (secondary N) is 1. The Kier molecular flexibility index (Phi) is 4.98. The van der Waals surface area contributed by atoms with Crippen molar-refractivity contribution in [1.82, 2.24) is 15.1 Å². The number of hydrogen-bond acceptors (Lipinski definition) is 3. The molecule has 0 saturated heterocycles. The van der Waals surface area contributed by atoms with Crippen molar-refractivity contribution in [3.63, 3.8) is 0 Å². The molecule has 4 heteroatoms. The molecule has 2 aromatic rings. The fraction of sp³-hybridized carbons (Fsp3) is 0.400. The lowest BCUT2D eigenvalue weighted by molar-refractivity contribution is 0.296. The summed E-state index contributed by atoms with van der Waals surface area (Å²) >= 11 is 0. The summed E-state index contributed by atoms with van der Waals surface area (Å²) in [6, 6.07) is 10.1. The molecule has 0 bridgehead atoms. The number of hydrogen-bond donors (Lipinski definition) is 1. The lowest BCUT2D eigenvalue weighted by atomic mass is 10.2. The predicted octanol–water partition coefficient (Wildman–Crippen LogP) is 2.50. The molecule has 4 nitrogen and oxygen atoms in total. The number of nitrogens with zero attached hydrogens (tertiary/aromatic N) is 2. The maximum Gasteiger partial charge on any atom is 0.132 e. The average molecular weight is 259 g/mol. The molecule has 1 aromatic heterocycles. The van der Waals surface area contributed by atoms with E-state index in [4.69, 9.17) is 4.74 Å². The van der Waals surface area contributed by atoms with Gasteiger partial charge in [0.2, 0.25) is 0 Å². The van der Waals surface area contributed by atoms with Crippen LogP contribution in [0.15, 0.2) is 36.5 Å². The van der Waals surface area contributed by atoms with Gasteiger partial charge in [-0.1, -0.05) is 25.1 Å². The van der Waals surface area contributed by atoms with Crippen LogP contribution >= 0.6 is 0 Å². The second kappa shape index (κ2) is 6.95. The first kappa shape index (κ1) is 13.6. The van der Waals surface area contributed by atoms with E-state index in [9.17, 15) is 0 Å². The maximum atomic E-state index is 5.85. The zero-order valence-corrected chi connectivity index (χ0v) is 11.6. The molecule has 1 aromatic carbocycles. The van der Waals surface area contributed by atoms with Gasteiger partial charge >= 0.3 is 0 Å². The second-order valence-corrected chi connectivity index (χ2v) is 4.55. The highest BCUT2D eigenvalue weighted by Gasteiger charge is 2.04. The minimum atomic E-state index is 0.506. The highest BCUT2D eigenvalue weighted by Crippen LogP contribution is 2.18. The molecule has 0 unspecified atom stereocenters. The first-order valence-corrected chi connectivity index (χ1v) is 6.69. The normalized spacial score (nSPS) is 10.6. The van der Waals surface area contributed by atoms with E-state index in [1.807, 2.05) is 37.5 Å². The molecule has 0 atom stereocenters. The minimum absolute atomic E-state index is 0.506. The smallest absolute Gasteiger partial charge is 0.132 e. The predicted molar refractivity (Wildman–Crippen MR) is 76.0 cm³/mol. The van der Waals surface area contributed by atoms with Crippen LogP contribution in [0.3, 0.4) is 0 Å². The van der Waals surface area contributed by atoms with E-state index in [0.29, 0.717) is 6.61 Å². The van der Waals surface area contributed by atoms with Gasteiger partial charge in [-0.25, -0.2) is 0 Å². The standard InChI is InChI=1S/C15H21N3O/c1-3-9-16-11-13-6-4-5-7-15(13)19-12-14-8-10-18(2)17-14/h4-8,10,16H,3,9,11-12H2,1-2H3. The number of para-hydroxylation sites is 1. The third-order valence-corrected chi connectivity index (χ3v) is 2.86. The molecule has 1 N–H and O–H groups in total. The third-order valence-electron chi connectivity index (χ3n) is 2.86. The van der Waals surface area contributed by atoms with Crippen molar-refractivity contribution in [2.45, 2.75) is 26.5 Å². The van der Waals surface area contributed by atoms with Gasteiger partial charge in [0.1, 0.15) is 12.4 Å². The fourth-order valence-corrected chi connectivity index (χ4v) is 1.88. The minimum Gasteiger partial charge on any atom is -0.487 e. The lowest BCUT2D eigenvalue weighted by Gasteiger charge is -2.11. The molecule has 0 amide bonds. The summed E-state index contributed by atoms with van der Waals surface area (Å²) in [6.45, 7) is 4.53. The van der Waals surface area contributed by atoms with Crippen LogP contribution in [0.2, 0.25) is 0 Å². The molecule has 0 aliphatic rings. The summed E-state index contributed by atoms with van der Waals surface area (Å²) in [4.78, 5) is 0. The summed E-state index contributed by atoms with van der Waals surface area (Å²) in [5, 5.41) is 7.70. The van der Waals surface area contributed by atoms with Crippen LogP contribution in [0.5, 0.6) is 5.75 Å². The van der Waals surface area contributed by atoms with Crippen molar-refractivity contribution in [3.05, 3.63) is 47.8 Å². The zero-order valence-electron chi connectivity index (χ0n) is 11.6. The Morgan fingerprint density at radius 1 is 1.26 bits per heavy atom. The number of benzene rings is 1. The summed E-state index contributed by atoms with van der Waals surface area (Å²) < 4.78 is 7.64. The van der Waals surface area contributed by atoms with Crippen LogP contribution in [0, 0.1) is 0 Å². The second-order valence-electron chi connectivity index (χ2n) is 4.55. The molecule has 0 aliphatic carbocycles. The highest BCUT2D eigenvalue weighted by molar-refractivity contribution is 5.33. The lowest BCUT2D eigenvalue weighted by Crippen LogP contribution is -2.14. The molecule has 2 rings (SSSR count). The van der Waals surface area contributed by atoms with E-state index >= 15 is 0 Å². The SMILES string of the molecule is CCCNCc1ccccc1OCc1ccn(C)n1. The van der Waals surface area contributed by atoms with E-state index < -0.39 is 0 Å². The van der Waals surface area contributed by atoms with Crippen molar-refractivity contribution in [2.24, 2.45) is 7.05 Å². The zero-order chi connectivity index (χ0) is 13.5. The molecule has 0 fully saturated rings. The summed E-state index contributed by atoms with van der Waals surface area (Å²) in [6.07, 6.45) is 3.06. The van der Waals surface area contributed by atoms with E-state index in [-0.39, 0.29) is 0 Å². The number of aromatic nitrogens is 2. The van der Waals surface area contributed by atoms with Crippen LogP contribution in [0.1, 0.15) is 24.6 Å². The van der Waals surface area contributed by atoms with Crippen LogP contribution < -0.4 is 10.1 Å². The Hall–Kier alpha value is -1.81. The van der Waals surface area contributed by atoms with Gasteiger partial charge in [0.05, 0.1) is 5.69 Å². The van der Waals surface area contributed by atoms with Crippen LogP contribution in [-0.4, -0.2) is 16.3 Å². The summed E-state index contributed by atoms with van der Waals surface area (Å²) in [5.41, 5.74) is 2.13. The van der Waals surface area contributed by atoms with Gasteiger partial charge in [-0.2, -0.15) is 5.10 Å². The van der Waals surface area contributed by atoms with Crippen molar-refractivity contribution in [1.29, 1.82) is 0 Å². The monoisotopic (exact) mass is 259 g/mol. The van der Waals surface area contributed by atoms with Gasteiger partial charge in [0.15, 0.2) is 0 Å². The molecule has 19 heavy (non-hydrogen) atoms. The van der Waals surface area contributed by atoms with Crippen LogP contribution in [-0.2, 0) is 20.2 Å². The molecule has 0 spiro atoms. The molecular weight excluding hydrogens is 238 g/mol. The van der Waals surface area contributed by atoms with E-state index in [0.717, 1.165) is 31.0 Å². The van der Waals surface area contributed by atoms with Crippen molar-refractivity contribution in [3.8, 4) is 5.75 Å². The van der Waals surface area contributed by atoms with Gasteiger partial charge in [-0.05, 0) is 25.1 Å². The molecule has 0 radical (unpaired) electrons. The van der Waals surface area contributed by atoms with E-state index in [1.165, 1.54) is 5.56 Å². The van der Waals surface area contributed by atoms with Crippen LogP contribution in [0.25, 0.3) is 0 Å². The number of ether oxygens (including phenoxy) is 1. The fourth-order valence-electron chi connectivity index (χ4n) is 1.88. The Labute approximate surface area is 114 Å². The summed E-state index contributed by atoms with van der Waals surface area (Å²) in [7, 11) is 1.91. The Morgan fingerprint density at radius 2 is 2.11 bits per heavy atom. The first-order chi connectivity index (χ1) is 9.29. The van der Waals surface area contributed by atoms with Crippen molar-refractivity contribution < 1.29 is 4.74 Å². The Balaban J connectivity index is 1.95. The number of rotatable bonds is 7. The number of aryl methyl sites for hydroxylation is 1.